The molecule has 0 bridgehead atoms. The van der Waals surface area contributed by atoms with Gasteiger partial charge < -0.3 is 0 Å². The van der Waals surface area contributed by atoms with Crippen molar-refractivity contribution < 1.29 is 0 Å². The summed E-state index contributed by atoms with van der Waals surface area (Å²) in [5, 5.41) is 0.757. The summed E-state index contributed by atoms with van der Waals surface area (Å²) < 4.78 is 3.11. The summed E-state index contributed by atoms with van der Waals surface area (Å²) in [4.78, 5) is 4.24. The summed E-state index contributed by atoms with van der Waals surface area (Å²) in [5.41, 5.74) is 0.970. The Labute approximate surface area is 100 Å². The van der Waals surface area contributed by atoms with Crippen molar-refractivity contribution in [2.45, 2.75) is 0 Å². The highest BCUT2D eigenvalue weighted by Gasteiger charge is 2.07. The van der Waals surface area contributed by atoms with Crippen LogP contribution in [0.4, 0.5) is 0 Å². The van der Waals surface area contributed by atoms with E-state index in [0.29, 0.717) is 0 Å². The third-order valence-electron chi connectivity index (χ3n) is 1.41. The zero-order valence-corrected chi connectivity index (χ0v) is 11.0. The van der Waals surface area contributed by atoms with Crippen molar-refractivity contribution in [2.75, 3.05) is 0 Å². The van der Waals surface area contributed by atoms with E-state index in [0.717, 1.165) is 19.7 Å². The molecule has 0 amide bonds. The molecule has 0 aliphatic heterocycles. The molecule has 2 aromatic heterocycles. The summed E-state index contributed by atoms with van der Waals surface area (Å²) in [6, 6.07) is 2.03. The Hall–Kier alpha value is 0.610. The molecule has 0 aliphatic carbocycles. The Morgan fingerprint density at radius 2 is 2.33 bits per heavy atom. The van der Waals surface area contributed by atoms with Gasteiger partial charge in [0.15, 0.2) is 0 Å². The third kappa shape index (κ3) is 1.49. The first kappa shape index (κ1) is 9.18. The lowest BCUT2D eigenvalue weighted by Crippen LogP contribution is -1.74. The van der Waals surface area contributed by atoms with E-state index in [1.54, 1.807) is 17.5 Å². The van der Waals surface area contributed by atoms with Crippen LogP contribution in [0.15, 0.2) is 16.7 Å². The molecule has 2 aromatic rings. The predicted molar refractivity (Wildman–Crippen MR) is 65.0 cm³/mol. The third-order valence-corrected chi connectivity index (χ3v) is 4.64. The summed E-state index contributed by atoms with van der Waals surface area (Å²) in [7, 11) is 0. The number of hydrogen-bond donors (Lipinski definition) is 0. The molecule has 62 valence electrons. The largest absolute Gasteiger partial charge is 0.254 e. The molecule has 0 saturated carbocycles. The van der Waals surface area contributed by atoms with Crippen LogP contribution in [0.2, 0.25) is 5.02 Å². The molecule has 0 fully saturated rings. The van der Waals surface area contributed by atoms with E-state index in [1.165, 1.54) is 2.88 Å². The fourth-order valence-electron chi connectivity index (χ4n) is 0.897. The quantitative estimate of drug-likeness (QED) is 0.626. The topological polar surface area (TPSA) is 12.9 Å². The summed E-state index contributed by atoms with van der Waals surface area (Å²) >= 11 is 13.3. The standard InChI is InChI=1S/C7H2BrClINS/c8-3-2-11-4-1-5(10)12-7(4)6(3)9/h1-2H. The van der Waals surface area contributed by atoms with E-state index in [-0.39, 0.29) is 0 Å². The first-order valence-electron chi connectivity index (χ1n) is 3.07. The number of thiophene rings is 1. The van der Waals surface area contributed by atoms with Crippen LogP contribution >= 0.6 is 61.5 Å². The second-order valence-electron chi connectivity index (χ2n) is 2.18. The average molecular weight is 374 g/mol. The van der Waals surface area contributed by atoms with Crippen LogP contribution in [0.5, 0.6) is 0 Å². The van der Waals surface area contributed by atoms with Crippen molar-refractivity contribution in [3.63, 3.8) is 0 Å². The van der Waals surface area contributed by atoms with E-state index >= 15 is 0 Å². The van der Waals surface area contributed by atoms with Crippen molar-refractivity contribution in [2.24, 2.45) is 0 Å². The molecule has 0 unspecified atom stereocenters. The number of aromatic nitrogens is 1. The van der Waals surface area contributed by atoms with Crippen molar-refractivity contribution in [1.29, 1.82) is 0 Å². The maximum absolute atomic E-state index is 6.06. The van der Waals surface area contributed by atoms with E-state index in [1.807, 2.05) is 6.07 Å². The minimum absolute atomic E-state index is 0.757. The van der Waals surface area contributed by atoms with Gasteiger partial charge in [-0.25, -0.2) is 0 Å². The summed E-state index contributed by atoms with van der Waals surface area (Å²) in [5.74, 6) is 0. The van der Waals surface area contributed by atoms with Gasteiger partial charge in [-0.1, -0.05) is 11.6 Å². The van der Waals surface area contributed by atoms with E-state index in [9.17, 15) is 0 Å². The van der Waals surface area contributed by atoms with Crippen LogP contribution in [0.25, 0.3) is 10.2 Å². The number of nitrogens with zero attached hydrogens (tertiary/aromatic N) is 1. The lowest BCUT2D eigenvalue weighted by atomic mass is 10.4. The van der Waals surface area contributed by atoms with E-state index in [2.05, 4.69) is 43.5 Å². The van der Waals surface area contributed by atoms with Gasteiger partial charge in [-0.15, -0.1) is 11.3 Å². The molecule has 2 rings (SSSR count). The first-order chi connectivity index (χ1) is 5.68. The smallest absolute Gasteiger partial charge is 0.0836 e. The van der Waals surface area contributed by atoms with Crippen LogP contribution in [-0.2, 0) is 0 Å². The fraction of sp³-hybridized carbons (Fsp3) is 0. The molecule has 1 nitrogen and oxygen atoms in total. The zero-order valence-electron chi connectivity index (χ0n) is 5.64. The highest BCUT2D eigenvalue weighted by Crippen LogP contribution is 2.35. The van der Waals surface area contributed by atoms with Crippen molar-refractivity contribution in [3.05, 3.63) is 24.6 Å². The van der Waals surface area contributed by atoms with Crippen LogP contribution in [0.3, 0.4) is 0 Å². The van der Waals surface area contributed by atoms with Gasteiger partial charge in [0.05, 0.1) is 22.6 Å². The van der Waals surface area contributed by atoms with Crippen molar-refractivity contribution in [1.82, 2.24) is 4.98 Å². The second-order valence-corrected chi connectivity index (χ2v) is 6.36. The lowest BCUT2D eigenvalue weighted by Gasteiger charge is -1.94. The van der Waals surface area contributed by atoms with Gasteiger partial charge in [0.2, 0.25) is 0 Å². The predicted octanol–water partition coefficient (Wildman–Crippen LogP) is 4.32. The fourth-order valence-corrected chi connectivity index (χ4v) is 3.33. The minimum atomic E-state index is 0.757. The maximum atomic E-state index is 6.06. The zero-order chi connectivity index (χ0) is 8.72. The normalized spacial score (nSPS) is 10.9. The van der Waals surface area contributed by atoms with Crippen molar-refractivity contribution in [3.8, 4) is 0 Å². The molecule has 0 radical (unpaired) electrons. The van der Waals surface area contributed by atoms with Gasteiger partial charge in [-0.2, -0.15) is 0 Å². The summed E-state index contributed by atoms with van der Waals surface area (Å²) in [6.07, 6.45) is 1.73. The van der Waals surface area contributed by atoms with Crippen LogP contribution in [-0.4, -0.2) is 4.98 Å². The van der Waals surface area contributed by atoms with Gasteiger partial charge in [0.1, 0.15) is 0 Å². The van der Waals surface area contributed by atoms with Crippen molar-refractivity contribution >= 4 is 71.7 Å². The van der Waals surface area contributed by atoms with Gasteiger partial charge >= 0.3 is 0 Å². The molecule has 12 heavy (non-hydrogen) atoms. The summed E-state index contributed by atoms with van der Waals surface area (Å²) in [6.45, 7) is 0. The van der Waals surface area contributed by atoms with Crippen LogP contribution in [0, 0.1) is 2.88 Å². The molecule has 0 aliphatic rings. The number of hydrogen-bond acceptors (Lipinski definition) is 2. The average Bonchev–Trinajstić information content (AvgIpc) is 2.39. The molecular formula is C7H2BrClINS. The molecule has 0 spiro atoms. The van der Waals surface area contributed by atoms with E-state index < -0.39 is 0 Å². The first-order valence-corrected chi connectivity index (χ1v) is 6.14. The van der Waals surface area contributed by atoms with Crippen LogP contribution in [0.1, 0.15) is 0 Å². The Kier molecular flexibility index (Phi) is 2.60. The molecule has 0 aromatic carbocycles. The van der Waals surface area contributed by atoms with Gasteiger partial charge in [-0.3, -0.25) is 4.98 Å². The molecule has 0 saturated heterocycles. The highest BCUT2D eigenvalue weighted by atomic mass is 127. The van der Waals surface area contributed by atoms with Crippen LogP contribution < -0.4 is 0 Å². The Balaban J connectivity index is 2.89. The Morgan fingerprint density at radius 3 is 3.08 bits per heavy atom. The number of halogens is 3. The number of rotatable bonds is 0. The molecule has 5 heteroatoms. The number of fused-ring (bicyclic) bond motifs is 1. The Bertz CT molecular complexity index is 442. The van der Waals surface area contributed by atoms with E-state index in [4.69, 9.17) is 11.6 Å². The highest BCUT2D eigenvalue weighted by molar-refractivity contribution is 14.1. The molecular weight excluding hydrogens is 372 g/mol. The minimum Gasteiger partial charge on any atom is -0.254 e. The molecule has 0 atom stereocenters. The van der Waals surface area contributed by atoms with Gasteiger partial charge in [0.25, 0.3) is 0 Å². The second kappa shape index (κ2) is 3.40. The maximum Gasteiger partial charge on any atom is 0.0836 e. The van der Waals surface area contributed by atoms with Gasteiger partial charge in [-0.05, 0) is 44.6 Å². The lowest BCUT2D eigenvalue weighted by molar-refractivity contribution is 1.40. The van der Waals surface area contributed by atoms with Gasteiger partial charge in [0, 0.05) is 6.20 Å². The molecule has 2 heterocycles. The monoisotopic (exact) mass is 373 g/mol. The molecule has 0 N–H and O–H groups in total. The Morgan fingerprint density at radius 1 is 1.58 bits per heavy atom. The SMILES string of the molecule is Clc1c(Br)cnc2cc(I)sc12. The number of pyridine rings is 1.